The molecule has 0 bridgehead atoms. The third-order valence-electron chi connectivity index (χ3n) is 2.43. The van der Waals surface area contributed by atoms with Crippen molar-refractivity contribution >= 4 is 17.7 Å². The Morgan fingerprint density at radius 3 is 2.95 bits per heavy atom. The number of hydrogen-bond acceptors (Lipinski definition) is 6. The molecule has 112 valence electrons. The van der Waals surface area contributed by atoms with Crippen molar-refractivity contribution in [1.82, 2.24) is 15.3 Å². The summed E-state index contributed by atoms with van der Waals surface area (Å²) in [7, 11) is 1.55. The summed E-state index contributed by atoms with van der Waals surface area (Å²) in [4.78, 5) is 19.5. The Kier molecular flexibility index (Phi) is 6.65. The van der Waals surface area contributed by atoms with Crippen molar-refractivity contribution in [3.05, 3.63) is 12.0 Å². The Bertz CT molecular complexity index is 444. The number of carbonyl (C=O) groups is 1. The number of amides is 1. The van der Waals surface area contributed by atoms with Gasteiger partial charge in [0.1, 0.15) is 6.04 Å². The fourth-order valence-electron chi connectivity index (χ4n) is 1.41. The van der Waals surface area contributed by atoms with Crippen molar-refractivity contribution in [1.29, 1.82) is 0 Å². The SMILES string of the molecule is CCNc1ncc(F)c(NC(C)C(=O)NCCOC)n1. The van der Waals surface area contributed by atoms with Gasteiger partial charge in [0.25, 0.3) is 0 Å². The molecular weight excluding hydrogens is 265 g/mol. The third-order valence-corrected chi connectivity index (χ3v) is 2.43. The van der Waals surface area contributed by atoms with E-state index in [1.807, 2.05) is 6.92 Å². The number of carbonyl (C=O) groups excluding carboxylic acids is 1. The molecule has 1 amide bonds. The minimum atomic E-state index is -0.620. The van der Waals surface area contributed by atoms with Crippen LogP contribution in [0.3, 0.4) is 0 Å². The average Bonchev–Trinajstić information content (AvgIpc) is 2.43. The molecule has 0 radical (unpaired) electrons. The molecule has 0 aliphatic carbocycles. The highest BCUT2D eigenvalue weighted by molar-refractivity contribution is 5.83. The molecule has 1 aromatic heterocycles. The molecule has 20 heavy (non-hydrogen) atoms. The molecular formula is C12H20FN5O2. The van der Waals surface area contributed by atoms with Crippen LogP contribution in [0.1, 0.15) is 13.8 Å². The summed E-state index contributed by atoms with van der Waals surface area (Å²) in [6.45, 7) is 4.95. The molecule has 0 saturated heterocycles. The highest BCUT2D eigenvalue weighted by Gasteiger charge is 2.15. The van der Waals surface area contributed by atoms with Gasteiger partial charge in [0.2, 0.25) is 11.9 Å². The Morgan fingerprint density at radius 2 is 2.30 bits per heavy atom. The normalized spacial score (nSPS) is 11.8. The molecule has 1 atom stereocenters. The second-order valence-electron chi connectivity index (χ2n) is 4.07. The van der Waals surface area contributed by atoms with Gasteiger partial charge < -0.3 is 20.7 Å². The van der Waals surface area contributed by atoms with Gasteiger partial charge in [-0.15, -0.1) is 0 Å². The molecule has 7 nitrogen and oxygen atoms in total. The van der Waals surface area contributed by atoms with Crippen LogP contribution in [0.25, 0.3) is 0 Å². The quantitative estimate of drug-likeness (QED) is 0.607. The minimum absolute atomic E-state index is 0.00894. The summed E-state index contributed by atoms with van der Waals surface area (Å²) < 4.78 is 18.4. The van der Waals surface area contributed by atoms with Crippen molar-refractivity contribution in [2.45, 2.75) is 19.9 Å². The van der Waals surface area contributed by atoms with Crippen molar-refractivity contribution in [3.63, 3.8) is 0 Å². The highest BCUT2D eigenvalue weighted by atomic mass is 19.1. The highest BCUT2D eigenvalue weighted by Crippen LogP contribution is 2.12. The topological polar surface area (TPSA) is 88.2 Å². The molecule has 0 saturated carbocycles. The van der Waals surface area contributed by atoms with Gasteiger partial charge in [-0.25, -0.2) is 9.37 Å². The predicted molar refractivity (Wildman–Crippen MR) is 74.1 cm³/mol. The molecule has 0 fully saturated rings. The number of methoxy groups -OCH3 is 1. The zero-order valence-corrected chi connectivity index (χ0v) is 11.9. The van der Waals surface area contributed by atoms with Gasteiger partial charge >= 0.3 is 0 Å². The van der Waals surface area contributed by atoms with Crippen LogP contribution in [0.2, 0.25) is 0 Å². The molecule has 1 unspecified atom stereocenters. The number of nitrogens with zero attached hydrogens (tertiary/aromatic N) is 2. The number of anilines is 2. The van der Waals surface area contributed by atoms with Crippen LogP contribution >= 0.6 is 0 Å². The van der Waals surface area contributed by atoms with E-state index in [9.17, 15) is 9.18 Å². The number of halogens is 1. The first kappa shape index (κ1) is 16.1. The average molecular weight is 285 g/mol. The van der Waals surface area contributed by atoms with Crippen LogP contribution in [-0.2, 0) is 9.53 Å². The maximum atomic E-state index is 13.6. The first-order valence-electron chi connectivity index (χ1n) is 6.38. The van der Waals surface area contributed by atoms with Crippen LogP contribution in [0, 0.1) is 5.82 Å². The Hall–Kier alpha value is -1.96. The van der Waals surface area contributed by atoms with Crippen molar-refractivity contribution in [2.24, 2.45) is 0 Å². The van der Waals surface area contributed by atoms with E-state index < -0.39 is 11.9 Å². The summed E-state index contributed by atoms with van der Waals surface area (Å²) in [6, 6.07) is -0.620. The van der Waals surface area contributed by atoms with E-state index in [2.05, 4.69) is 25.9 Å². The zero-order chi connectivity index (χ0) is 15.0. The summed E-state index contributed by atoms with van der Waals surface area (Å²) in [6.07, 6.45) is 1.06. The van der Waals surface area contributed by atoms with Gasteiger partial charge in [-0.2, -0.15) is 4.98 Å². The van der Waals surface area contributed by atoms with E-state index in [1.165, 1.54) is 0 Å². The van der Waals surface area contributed by atoms with Gasteiger partial charge in [0, 0.05) is 20.2 Å². The number of aromatic nitrogens is 2. The lowest BCUT2D eigenvalue weighted by atomic mass is 10.3. The Labute approximate surface area is 117 Å². The van der Waals surface area contributed by atoms with E-state index in [4.69, 9.17) is 4.74 Å². The number of nitrogens with one attached hydrogen (secondary N) is 3. The van der Waals surface area contributed by atoms with Crippen LogP contribution < -0.4 is 16.0 Å². The van der Waals surface area contributed by atoms with Crippen molar-refractivity contribution in [2.75, 3.05) is 37.4 Å². The Morgan fingerprint density at radius 1 is 1.55 bits per heavy atom. The largest absolute Gasteiger partial charge is 0.383 e. The predicted octanol–water partition coefficient (Wildman–Crippen LogP) is 0.610. The standard InChI is InChI=1S/C12H20FN5O2/c1-4-14-12-16-7-9(13)10(18-12)17-8(2)11(19)15-5-6-20-3/h7-8H,4-6H2,1-3H3,(H,15,19)(H2,14,16,17,18). The smallest absolute Gasteiger partial charge is 0.242 e. The van der Waals surface area contributed by atoms with E-state index in [0.717, 1.165) is 6.20 Å². The van der Waals surface area contributed by atoms with E-state index >= 15 is 0 Å². The van der Waals surface area contributed by atoms with Crippen LogP contribution in [-0.4, -0.2) is 48.7 Å². The maximum Gasteiger partial charge on any atom is 0.242 e. The first-order chi connectivity index (χ1) is 9.58. The molecule has 0 spiro atoms. The van der Waals surface area contributed by atoms with Gasteiger partial charge in [-0.1, -0.05) is 0 Å². The summed E-state index contributed by atoms with van der Waals surface area (Å²) >= 11 is 0. The molecule has 1 rings (SSSR count). The monoisotopic (exact) mass is 285 g/mol. The fourth-order valence-corrected chi connectivity index (χ4v) is 1.41. The lowest BCUT2D eigenvalue weighted by molar-refractivity contribution is -0.121. The van der Waals surface area contributed by atoms with Crippen molar-refractivity contribution < 1.29 is 13.9 Å². The molecule has 0 aliphatic heterocycles. The summed E-state index contributed by atoms with van der Waals surface area (Å²) in [5.74, 6) is -0.568. The van der Waals surface area contributed by atoms with Gasteiger partial charge in [0.05, 0.1) is 12.8 Å². The summed E-state index contributed by atoms with van der Waals surface area (Å²) in [5, 5.41) is 8.25. The molecule has 1 aromatic rings. The molecule has 8 heteroatoms. The molecule has 3 N–H and O–H groups in total. The third kappa shape index (κ3) is 4.96. The van der Waals surface area contributed by atoms with Crippen molar-refractivity contribution in [3.8, 4) is 0 Å². The molecule has 0 aromatic carbocycles. The fraction of sp³-hybridized carbons (Fsp3) is 0.583. The maximum absolute atomic E-state index is 13.6. The lowest BCUT2D eigenvalue weighted by Crippen LogP contribution is -2.39. The summed E-state index contributed by atoms with van der Waals surface area (Å²) in [5.41, 5.74) is 0. The second kappa shape index (κ2) is 8.26. The van der Waals surface area contributed by atoms with Crippen LogP contribution in [0.5, 0.6) is 0 Å². The Balaban J connectivity index is 2.62. The minimum Gasteiger partial charge on any atom is -0.383 e. The van der Waals surface area contributed by atoms with Crippen LogP contribution in [0.4, 0.5) is 16.2 Å². The lowest BCUT2D eigenvalue weighted by Gasteiger charge is -2.15. The number of ether oxygens (including phenoxy) is 1. The van der Waals surface area contributed by atoms with Crippen LogP contribution in [0.15, 0.2) is 6.20 Å². The first-order valence-corrected chi connectivity index (χ1v) is 6.38. The number of hydrogen-bond donors (Lipinski definition) is 3. The number of rotatable bonds is 8. The van der Waals surface area contributed by atoms with E-state index in [0.29, 0.717) is 25.6 Å². The second-order valence-corrected chi connectivity index (χ2v) is 4.07. The van der Waals surface area contributed by atoms with Gasteiger partial charge in [0.15, 0.2) is 11.6 Å². The molecule has 1 heterocycles. The molecule has 0 aliphatic rings. The van der Waals surface area contributed by atoms with E-state index in [-0.39, 0.29) is 11.7 Å². The van der Waals surface area contributed by atoms with E-state index in [1.54, 1.807) is 14.0 Å². The van der Waals surface area contributed by atoms with Gasteiger partial charge in [-0.3, -0.25) is 4.79 Å². The zero-order valence-electron chi connectivity index (χ0n) is 11.9. The van der Waals surface area contributed by atoms with Gasteiger partial charge in [-0.05, 0) is 13.8 Å².